The van der Waals surface area contributed by atoms with Crippen molar-refractivity contribution in [2.75, 3.05) is 11.9 Å². The molecule has 2 amide bonds. The average Bonchev–Trinajstić information content (AvgIpc) is 2.40. The number of anilines is 1. The highest BCUT2D eigenvalue weighted by atomic mass is 16.4. The van der Waals surface area contributed by atoms with Gasteiger partial charge in [0.05, 0.1) is 5.69 Å². The lowest BCUT2D eigenvalue weighted by Gasteiger charge is -2.10. The molecule has 0 aromatic heterocycles. The van der Waals surface area contributed by atoms with E-state index in [9.17, 15) is 14.7 Å². The molecule has 0 bridgehead atoms. The van der Waals surface area contributed by atoms with Gasteiger partial charge in [-0.05, 0) is 24.5 Å². The molecule has 0 saturated heterocycles. The highest BCUT2D eigenvalue weighted by Crippen LogP contribution is 2.27. The van der Waals surface area contributed by atoms with Gasteiger partial charge in [-0.2, -0.15) is 0 Å². The molecular formula is C15H22N2O4. The third kappa shape index (κ3) is 5.72. The van der Waals surface area contributed by atoms with Crippen molar-refractivity contribution in [1.29, 1.82) is 0 Å². The fourth-order valence-corrected chi connectivity index (χ4v) is 1.86. The molecule has 0 aliphatic rings. The van der Waals surface area contributed by atoms with Crippen molar-refractivity contribution in [3.05, 3.63) is 23.8 Å². The Kier molecular flexibility index (Phi) is 6.52. The first kappa shape index (κ1) is 16.8. The summed E-state index contributed by atoms with van der Waals surface area (Å²) in [7, 11) is 0. The Labute approximate surface area is 124 Å². The highest BCUT2D eigenvalue weighted by molar-refractivity contribution is 5.97. The summed E-state index contributed by atoms with van der Waals surface area (Å²) in [6.45, 7) is 4.84. The van der Waals surface area contributed by atoms with E-state index >= 15 is 0 Å². The fraction of sp³-hybridized carbons (Fsp3) is 0.467. The number of rotatable bonds is 7. The van der Waals surface area contributed by atoms with E-state index in [-0.39, 0.29) is 11.3 Å². The van der Waals surface area contributed by atoms with Crippen LogP contribution in [0.2, 0.25) is 0 Å². The molecule has 0 saturated carbocycles. The van der Waals surface area contributed by atoms with Gasteiger partial charge in [-0.15, -0.1) is 0 Å². The van der Waals surface area contributed by atoms with Crippen molar-refractivity contribution in [1.82, 2.24) is 5.32 Å². The van der Waals surface area contributed by atoms with Gasteiger partial charge >= 0.3 is 12.0 Å². The third-order valence-corrected chi connectivity index (χ3v) is 3.01. The molecule has 0 spiro atoms. The number of unbranched alkanes of at least 4 members (excludes halogenated alkanes) is 1. The second kappa shape index (κ2) is 8.14. The minimum atomic E-state index is -1.25. The first-order valence-electron chi connectivity index (χ1n) is 7.02. The van der Waals surface area contributed by atoms with Gasteiger partial charge in [0.15, 0.2) is 5.75 Å². The lowest BCUT2D eigenvalue weighted by Crippen LogP contribution is -2.29. The largest absolute Gasteiger partial charge is 0.505 e. The molecule has 0 unspecified atom stereocenters. The maximum atomic E-state index is 11.7. The number of nitrogens with one attached hydrogen (secondary N) is 2. The predicted molar refractivity (Wildman–Crippen MR) is 80.8 cm³/mol. The maximum absolute atomic E-state index is 11.7. The Balaban J connectivity index is 2.45. The Hall–Kier alpha value is -2.24. The van der Waals surface area contributed by atoms with Crippen LogP contribution in [0.4, 0.5) is 10.5 Å². The molecule has 21 heavy (non-hydrogen) atoms. The van der Waals surface area contributed by atoms with E-state index in [0.29, 0.717) is 12.5 Å². The van der Waals surface area contributed by atoms with Crippen LogP contribution in [0, 0.1) is 5.92 Å². The van der Waals surface area contributed by atoms with Crippen molar-refractivity contribution in [3.63, 3.8) is 0 Å². The lowest BCUT2D eigenvalue weighted by molar-refractivity contribution is 0.0693. The minimum absolute atomic E-state index is 0.0783. The van der Waals surface area contributed by atoms with Crippen LogP contribution in [0.3, 0.4) is 0 Å². The monoisotopic (exact) mass is 294 g/mol. The molecule has 4 N–H and O–H groups in total. The van der Waals surface area contributed by atoms with E-state index < -0.39 is 17.7 Å². The number of aromatic carboxylic acids is 1. The number of para-hydroxylation sites is 1. The van der Waals surface area contributed by atoms with Crippen LogP contribution >= 0.6 is 0 Å². The molecule has 6 heteroatoms. The van der Waals surface area contributed by atoms with Crippen LogP contribution in [-0.2, 0) is 0 Å². The number of hydrogen-bond acceptors (Lipinski definition) is 3. The second-order valence-corrected chi connectivity index (χ2v) is 5.28. The number of benzene rings is 1. The normalized spacial score (nSPS) is 10.4. The van der Waals surface area contributed by atoms with Crippen LogP contribution in [-0.4, -0.2) is 28.8 Å². The highest BCUT2D eigenvalue weighted by Gasteiger charge is 2.14. The quantitative estimate of drug-likeness (QED) is 0.459. The zero-order valence-corrected chi connectivity index (χ0v) is 12.3. The summed E-state index contributed by atoms with van der Waals surface area (Å²) in [5.74, 6) is -1.04. The molecule has 1 aromatic rings. The summed E-state index contributed by atoms with van der Waals surface area (Å²) < 4.78 is 0. The van der Waals surface area contributed by atoms with Gasteiger partial charge in [0.2, 0.25) is 0 Å². The summed E-state index contributed by atoms with van der Waals surface area (Å²) in [6, 6.07) is 3.71. The van der Waals surface area contributed by atoms with Gasteiger partial charge in [-0.3, -0.25) is 0 Å². The molecule has 6 nitrogen and oxygen atoms in total. The van der Waals surface area contributed by atoms with Crippen LogP contribution in [0.15, 0.2) is 18.2 Å². The number of urea groups is 1. The SMILES string of the molecule is CC(C)CCCCNC(=O)Nc1cccc(C(=O)O)c1O. The Morgan fingerprint density at radius 1 is 1.24 bits per heavy atom. The molecule has 0 heterocycles. The number of carboxylic acid groups (broad SMARTS) is 1. The molecular weight excluding hydrogens is 272 g/mol. The molecule has 0 fully saturated rings. The van der Waals surface area contributed by atoms with Crippen LogP contribution in [0.5, 0.6) is 5.75 Å². The molecule has 0 radical (unpaired) electrons. The first-order valence-corrected chi connectivity index (χ1v) is 7.02. The van der Waals surface area contributed by atoms with Crippen molar-refractivity contribution in [3.8, 4) is 5.75 Å². The summed E-state index contributed by atoms with van der Waals surface area (Å²) >= 11 is 0. The van der Waals surface area contributed by atoms with Gasteiger partial charge in [0, 0.05) is 6.54 Å². The number of phenols is 1. The van der Waals surface area contributed by atoms with E-state index in [1.54, 1.807) is 0 Å². The van der Waals surface area contributed by atoms with E-state index in [1.165, 1.54) is 18.2 Å². The molecule has 0 aliphatic carbocycles. The Morgan fingerprint density at radius 2 is 1.95 bits per heavy atom. The smallest absolute Gasteiger partial charge is 0.339 e. The van der Waals surface area contributed by atoms with E-state index in [2.05, 4.69) is 24.5 Å². The number of carboxylic acids is 1. The van der Waals surface area contributed by atoms with Crippen molar-refractivity contribution < 1.29 is 19.8 Å². The first-order chi connectivity index (χ1) is 9.91. The number of carbonyl (C=O) groups excluding carboxylic acids is 1. The fourth-order valence-electron chi connectivity index (χ4n) is 1.86. The van der Waals surface area contributed by atoms with E-state index in [0.717, 1.165) is 19.3 Å². The van der Waals surface area contributed by atoms with Gasteiger partial charge in [0.25, 0.3) is 0 Å². The van der Waals surface area contributed by atoms with E-state index in [1.807, 2.05) is 0 Å². The molecule has 0 atom stereocenters. The number of carbonyl (C=O) groups is 2. The number of hydrogen-bond donors (Lipinski definition) is 4. The summed E-state index contributed by atoms with van der Waals surface area (Å²) in [4.78, 5) is 22.5. The van der Waals surface area contributed by atoms with Crippen LogP contribution in [0.1, 0.15) is 43.5 Å². The second-order valence-electron chi connectivity index (χ2n) is 5.28. The lowest BCUT2D eigenvalue weighted by atomic mass is 10.1. The van der Waals surface area contributed by atoms with E-state index in [4.69, 9.17) is 5.11 Å². The predicted octanol–water partition coefficient (Wildman–Crippen LogP) is 3.04. The summed E-state index contributed by atoms with van der Waals surface area (Å²) in [5, 5.41) is 23.8. The number of amides is 2. The van der Waals surface area contributed by atoms with Gasteiger partial charge < -0.3 is 20.8 Å². The Bertz CT molecular complexity index is 500. The number of aromatic hydroxyl groups is 1. The van der Waals surface area contributed by atoms with Crippen molar-refractivity contribution in [2.45, 2.75) is 33.1 Å². The minimum Gasteiger partial charge on any atom is -0.505 e. The topological polar surface area (TPSA) is 98.7 Å². The van der Waals surface area contributed by atoms with Gasteiger partial charge in [-0.1, -0.05) is 32.8 Å². The maximum Gasteiger partial charge on any atom is 0.339 e. The third-order valence-electron chi connectivity index (χ3n) is 3.01. The van der Waals surface area contributed by atoms with Crippen LogP contribution < -0.4 is 10.6 Å². The average molecular weight is 294 g/mol. The zero-order valence-electron chi connectivity index (χ0n) is 12.3. The summed E-state index contributed by atoms with van der Waals surface area (Å²) in [5.41, 5.74) is -0.167. The molecule has 1 aromatic carbocycles. The standard InChI is InChI=1S/C15H22N2O4/c1-10(2)6-3-4-9-16-15(21)17-12-8-5-7-11(13(12)18)14(19)20/h5,7-8,10,18H,3-4,6,9H2,1-2H3,(H,19,20)(H2,16,17,21). The zero-order chi connectivity index (χ0) is 15.8. The Morgan fingerprint density at radius 3 is 2.57 bits per heavy atom. The molecule has 116 valence electrons. The van der Waals surface area contributed by atoms with Crippen molar-refractivity contribution >= 4 is 17.7 Å². The molecule has 1 rings (SSSR count). The van der Waals surface area contributed by atoms with Gasteiger partial charge in [0.1, 0.15) is 5.56 Å². The molecule has 0 aliphatic heterocycles. The van der Waals surface area contributed by atoms with Gasteiger partial charge in [-0.25, -0.2) is 9.59 Å². The summed E-state index contributed by atoms with van der Waals surface area (Å²) in [6.07, 6.45) is 3.04. The van der Waals surface area contributed by atoms with Crippen LogP contribution in [0.25, 0.3) is 0 Å². The van der Waals surface area contributed by atoms with Crippen molar-refractivity contribution in [2.24, 2.45) is 5.92 Å².